The van der Waals surface area contributed by atoms with E-state index < -0.39 is 6.09 Å². The van der Waals surface area contributed by atoms with Crippen LogP contribution >= 0.6 is 0 Å². The van der Waals surface area contributed by atoms with Crippen molar-refractivity contribution < 1.29 is 19.0 Å². The molecule has 5 rings (SSSR count). The largest absolute Gasteiger partial charge is 0.488 e. The van der Waals surface area contributed by atoms with Crippen molar-refractivity contribution in [2.24, 2.45) is 11.8 Å². The molecule has 2 aliphatic heterocycles. The van der Waals surface area contributed by atoms with Gasteiger partial charge in [-0.05, 0) is 42.5 Å². The summed E-state index contributed by atoms with van der Waals surface area (Å²) < 4.78 is 17.1. The van der Waals surface area contributed by atoms with Crippen LogP contribution in [0.5, 0.6) is 5.75 Å². The number of alkyl carbamates (subject to hydrolysis) is 1. The van der Waals surface area contributed by atoms with Crippen LogP contribution in [0, 0.1) is 11.8 Å². The Balaban J connectivity index is 1.33. The van der Waals surface area contributed by atoms with Gasteiger partial charge in [0.05, 0.1) is 19.3 Å². The second kappa shape index (κ2) is 8.79. The highest BCUT2D eigenvalue weighted by Gasteiger charge is 2.42. The summed E-state index contributed by atoms with van der Waals surface area (Å²) in [6.07, 6.45) is 3.09. The predicted molar refractivity (Wildman–Crippen MR) is 118 cm³/mol. The number of fused-ring (bicyclic) bond motifs is 1. The molecule has 164 valence electrons. The Bertz CT molecular complexity index is 909. The lowest BCUT2D eigenvalue weighted by atomic mass is 9.81. The highest BCUT2D eigenvalue weighted by molar-refractivity contribution is 5.70. The lowest BCUT2D eigenvalue weighted by molar-refractivity contribution is 0.130. The fourth-order valence-corrected chi connectivity index (χ4v) is 4.71. The second-order valence-electron chi connectivity index (χ2n) is 8.90. The van der Waals surface area contributed by atoms with Gasteiger partial charge in [0.15, 0.2) is 0 Å². The lowest BCUT2D eigenvalue weighted by Gasteiger charge is -2.39. The fraction of sp³-hybridized carbons (Fsp3) is 0.480. The Hall–Kier alpha value is -2.73. The van der Waals surface area contributed by atoms with Gasteiger partial charge < -0.3 is 24.8 Å². The summed E-state index contributed by atoms with van der Waals surface area (Å²) in [6, 6.07) is 16.1. The van der Waals surface area contributed by atoms with Crippen molar-refractivity contribution in [3.63, 3.8) is 0 Å². The van der Waals surface area contributed by atoms with E-state index in [2.05, 4.69) is 29.7 Å². The molecule has 4 atom stereocenters. The maximum absolute atomic E-state index is 12.7. The molecule has 1 saturated carbocycles. The SMILES string of the molecule is C[C@@H]1[C@@H](NC(=O)OCc2ccccc2)c2cc(O[C@@H]3CCOC3)ccc2N[C@H]1C1CC1. The first-order valence-corrected chi connectivity index (χ1v) is 11.3. The van der Waals surface area contributed by atoms with Gasteiger partial charge in [0.1, 0.15) is 18.5 Å². The van der Waals surface area contributed by atoms with Crippen LogP contribution in [0.1, 0.15) is 43.4 Å². The monoisotopic (exact) mass is 422 g/mol. The molecule has 2 N–H and O–H groups in total. The van der Waals surface area contributed by atoms with Crippen molar-refractivity contribution >= 4 is 11.8 Å². The molecule has 2 fully saturated rings. The number of benzene rings is 2. The second-order valence-corrected chi connectivity index (χ2v) is 8.90. The molecule has 6 heteroatoms. The lowest BCUT2D eigenvalue weighted by Crippen LogP contribution is -2.45. The van der Waals surface area contributed by atoms with Crippen LogP contribution in [-0.4, -0.2) is 31.5 Å². The Labute approximate surface area is 183 Å². The average molecular weight is 423 g/mol. The number of anilines is 1. The molecule has 1 amide bonds. The molecule has 3 aliphatic rings. The Morgan fingerprint density at radius 2 is 2.00 bits per heavy atom. The van der Waals surface area contributed by atoms with Gasteiger partial charge in [-0.3, -0.25) is 0 Å². The third-order valence-electron chi connectivity index (χ3n) is 6.58. The zero-order chi connectivity index (χ0) is 21.2. The molecule has 2 aromatic carbocycles. The Morgan fingerprint density at radius 1 is 1.16 bits per heavy atom. The van der Waals surface area contributed by atoms with E-state index in [0.29, 0.717) is 18.6 Å². The standard InChI is InChI=1S/C25H30N2O4/c1-16-23(18-7-8-18)26-22-10-9-19(31-20-11-12-29-15-20)13-21(22)24(16)27-25(28)30-14-17-5-3-2-4-6-17/h2-6,9-10,13,16,18,20,23-24,26H,7-8,11-12,14-15H2,1H3,(H,27,28)/t16-,20+,23+,24+/m0/s1. The summed E-state index contributed by atoms with van der Waals surface area (Å²) in [5, 5.41) is 6.87. The molecule has 1 aliphatic carbocycles. The number of rotatable bonds is 6. The van der Waals surface area contributed by atoms with Crippen LogP contribution in [0.2, 0.25) is 0 Å². The average Bonchev–Trinajstić information content (AvgIpc) is 3.51. The molecule has 0 aromatic heterocycles. The van der Waals surface area contributed by atoms with Gasteiger partial charge in [-0.25, -0.2) is 4.79 Å². The first-order valence-electron chi connectivity index (χ1n) is 11.3. The summed E-state index contributed by atoms with van der Waals surface area (Å²) in [4.78, 5) is 12.7. The molecular weight excluding hydrogens is 392 g/mol. The van der Waals surface area contributed by atoms with Crippen LogP contribution in [-0.2, 0) is 16.1 Å². The minimum absolute atomic E-state index is 0.0912. The van der Waals surface area contributed by atoms with E-state index in [1.54, 1.807) is 0 Å². The van der Waals surface area contributed by atoms with Crippen LogP contribution in [0.15, 0.2) is 48.5 Å². The minimum Gasteiger partial charge on any atom is -0.488 e. The van der Waals surface area contributed by atoms with Crippen molar-refractivity contribution in [1.29, 1.82) is 0 Å². The normalized spacial score (nSPS) is 27.1. The van der Waals surface area contributed by atoms with Crippen molar-refractivity contribution in [2.75, 3.05) is 18.5 Å². The molecule has 6 nitrogen and oxygen atoms in total. The number of carbonyl (C=O) groups is 1. The van der Waals surface area contributed by atoms with E-state index in [9.17, 15) is 4.79 Å². The van der Waals surface area contributed by atoms with Crippen molar-refractivity contribution in [2.45, 2.75) is 51.0 Å². The third kappa shape index (κ3) is 4.64. The van der Waals surface area contributed by atoms with E-state index in [1.807, 2.05) is 36.4 Å². The number of hydrogen-bond donors (Lipinski definition) is 2. The highest BCUT2D eigenvalue weighted by Crippen LogP contribution is 2.46. The first-order chi connectivity index (χ1) is 15.2. The zero-order valence-electron chi connectivity index (χ0n) is 17.9. The van der Waals surface area contributed by atoms with Gasteiger partial charge in [-0.2, -0.15) is 0 Å². The summed E-state index contributed by atoms with van der Waals surface area (Å²) in [6.45, 7) is 3.84. The summed E-state index contributed by atoms with van der Waals surface area (Å²) in [7, 11) is 0. The van der Waals surface area contributed by atoms with Crippen LogP contribution in [0.4, 0.5) is 10.5 Å². The number of carbonyl (C=O) groups excluding carboxylic acids is 1. The Kier molecular flexibility index (Phi) is 5.72. The van der Waals surface area contributed by atoms with Gasteiger partial charge in [-0.1, -0.05) is 37.3 Å². The van der Waals surface area contributed by atoms with E-state index in [1.165, 1.54) is 12.8 Å². The molecule has 0 radical (unpaired) electrons. The van der Waals surface area contributed by atoms with Crippen molar-refractivity contribution in [3.05, 3.63) is 59.7 Å². The molecular formula is C25H30N2O4. The smallest absolute Gasteiger partial charge is 0.407 e. The molecule has 0 spiro atoms. The quantitative estimate of drug-likeness (QED) is 0.709. The third-order valence-corrected chi connectivity index (χ3v) is 6.58. The van der Waals surface area contributed by atoms with Crippen LogP contribution in [0.3, 0.4) is 0 Å². The zero-order valence-corrected chi connectivity index (χ0v) is 17.9. The minimum atomic E-state index is -0.390. The van der Waals surface area contributed by atoms with Crippen molar-refractivity contribution in [3.8, 4) is 5.75 Å². The van der Waals surface area contributed by atoms with Crippen LogP contribution in [0.25, 0.3) is 0 Å². The summed E-state index contributed by atoms with van der Waals surface area (Å²) in [5.74, 6) is 1.73. The maximum atomic E-state index is 12.7. The van der Waals surface area contributed by atoms with Gasteiger partial charge in [0.25, 0.3) is 0 Å². The predicted octanol–water partition coefficient (Wildman–Crippen LogP) is 4.66. The number of amides is 1. The number of nitrogens with one attached hydrogen (secondary N) is 2. The topological polar surface area (TPSA) is 68.8 Å². The summed E-state index contributed by atoms with van der Waals surface area (Å²) in [5.41, 5.74) is 3.09. The number of ether oxygens (including phenoxy) is 3. The van der Waals surface area contributed by atoms with Gasteiger partial charge in [0.2, 0.25) is 0 Å². The Morgan fingerprint density at radius 3 is 2.74 bits per heavy atom. The first kappa shape index (κ1) is 20.2. The van der Waals surface area contributed by atoms with E-state index in [4.69, 9.17) is 14.2 Å². The molecule has 31 heavy (non-hydrogen) atoms. The maximum Gasteiger partial charge on any atom is 0.407 e. The van der Waals surface area contributed by atoms with Crippen molar-refractivity contribution in [1.82, 2.24) is 5.32 Å². The highest BCUT2D eigenvalue weighted by atomic mass is 16.6. The van der Waals surface area contributed by atoms with E-state index in [0.717, 1.165) is 35.6 Å². The number of hydrogen-bond acceptors (Lipinski definition) is 5. The fourth-order valence-electron chi connectivity index (χ4n) is 4.71. The molecule has 0 unspecified atom stereocenters. The van der Waals surface area contributed by atoms with Gasteiger partial charge >= 0.3 is 6.09 Å². The van der Waals surface area contributed by atoms with Gasteiger partial charge in [-0.15, -0.1) is 0 Å². The van der Waals surface area contributed by atoms with Crippen LogP contribution < -0.4 is 15.4 Å². The molecule has 0 bridgehead atoms. The van der Waals surface area contributed by atoms with Gasteiger partial charge in [0, 0.05) is 29.6 Å². The van der Waals surface area contributed by atoms with E-state index >= 15 is 0 Å². The molecule has 2 aromatic rings. The molecule has 1 saturated heterocycles. The molecule has 2 heterocycles. The van der Waals surface area contributed by atoms with E-state index in [-0.39, 0.29) is 24.7 Å². The summed E-state index contributed by atoms with van der Waals surface area (Å²) >= 11 is 0.